The van der Waals surface area contributed by atoms with Crippen molar-refractivity contribution in [3.05, 3.63) is 29.6 Å². The number of ketones is 1. The summed E-state index contributed by atoms with van der Waals surface area (Å²) in [5.74, 6) is 0.465. The van der Waals surface area contributed by atoms with Crippen LogP contribution in [0.2, 0.25) is 0 Å². The molecule has 1 aromatic heterocycles. The minimum Gasteiger partial charge on any atom is -0.341 e. The molecule has 160 valence electrons. The molecule has 1 saturated carbocycles. The van der Waals surface area contributed by atoms with E-state index in [4.69, 9.17) is 0 Å². The predicted molar refractivity (Wildman–Crippen MR) is 115 cm³/mol. The average molecular weight is 432 g/mol. The largest absolute Gasteiger partial charge is 0.341 e. The van der Waals surface area contributed by atoms with Crippen LogP contribution >= 0.6 is 11.8 Å². The summed E-state index contributed by atoms with van der Waals surface area (Å²) in [5.41, 5.74) is 0.345. The fourth-order valence-corrected chi connectivity index (χ4v) is 4.56. The lowest BCUT2D eigenvalue weighted by Gasteiger charge is -2.31. The molecule has 9 heteroatoms. The molecule has 30 heavy (non-hydrogen) atoms. The number of amides is 1. The normalized spacial score (nSPS) is 17.2. The first-order chi connectivity index (χ1) is 14.4. The summed E-state index contributed by atoms with van der Waals surface area (Å²) in [6, 6.07) is 4.50. The van der Waals surface area contributed by atoms with Gasteiger partial charge in [0, 0.05) is 31.7 Å². The van der Waals surface area contributed by atoms with Crippen LogP contribution in [0, 0.1) is 11.7 Å². The molecule has 0 unspecified atom stereocenters. The molecule has 0 atom stereocenters. The van der Waals surface area contributed by atoms with Crippen LogP contribution in [0.15, 0.2) is 23.4 Å². The molecule has 4 rings (SSSR count). The second-order valence-electron chi connectivity index (χ2n) is 8.14. The van der Waals surface area contributed by atoms with Gasteiger partial charge in [-0.05, 0) is 49.8 Å². The lowest BCUT2D eigenvalue weighted by Crippen LogP contribution is -2.34. The van der Waals surface area contributed by atoms with Gasteiger partial charge in [-0.15, -0.1) is 10.2 Å². The highest BCUT2D eigenvalue weighted by atomic mass is 32.2. The Morgan fingerprint density at radius 2 is 1.93 bits per heavy atom. The maximum Gasteiger partial charge on any atom is 0.228 e. The molecule has 1 saturated heterocycles. The molecule has 2 fully saturated rings. The van der Waals surface area contributed by atoms with Gasteiger partial charge in [0.25, 0.3) is 0 Å². The molecule has 0 bridgehead atoms. The number of rotatable bonds is 7. The van der Waals surface area contributed by atoms with Gasteiger partial charge in [-0.25, -0.2) is 4.39 Å². The first-order valence-corrected chi connectivity index (χ1v) is 11.3. The number of hydrogen-bond donors (Lipinski definition) is 1. The van der Waals surface area contributed by atoms with Crippen LogP contribution < -0.4 is 10.2 Å². The summed E-state index contributed by atoms with van der Waals surface area (Å²) in [5, 5.41) is 12.0. The number of halogens is 1. The van der Waals surface area contributed by atoms with Crippen molar-refractivity contribution in [2.75, 3.05) is 29.1 Å². The van der Waals surface area contributed by atoms with Crippen molar-refractivity contribution < 1.29 is 14.0 Å². The van der Waals surface area contributed by atoms with Gasteiger partial charge in [0.2, 0.25) is 11.9 Å². The van der Waals surface area contributed by atoms with E-state index in [1.54, 1.807) is 0 Å². The number of aromatic nitrogens is 3. The second-order valence-corrected chi connectivity index (χ2v) is 9.08. The fraction of sp³-hybridized carbons (Fsp3) is 0.524. The molecule has 1 N–H and O–H groups in total. The van der Waals surface area contributed by atoms with Crippen LogP contribution in [0.5, 0.6) is 0 Å². The van der Waals surface area contributed by atoms with Gasteiger partial charge in [-0.2, -0.15) is 0 Å². The molecular weight excluding hydrogens is 405 g/mol. The molecule has 1 amide bonds. The molecule has 2 aliphatic rings. The summed E-state index contributed by atoms with van der Waals surface area (Å²) in [6.45, 7) is 5.57. The Hall–Kier alpha value is -2.42. The first kappa shape index (κ1) is 20.8. The van der Waals surface area contributed by atoms with Crippen molar-refractivity contribution in [2.24, 2.45) is 5.92 Å². The Kier molecular flexibility index (Phi) is 6.08. The van der Waals surface area contributed by atoms with Gasteiger partial charge in [0.05, 0.1) is 11.3 Å². The molecule has 1 aliphatic heterocycles. The third-order valence-corrected chi connectivity index (χ3v) is 6.49. The van der Waals surface area contributed by atoms with E-state index in [1.807, 2.05) is 0 Å². The minimum absolute atomic E-state index is 0.0133. The second kappa shape index (κ2) is 8.75. The molecular formula is C21H26FN5O2S. The van der Waals surface area contributed by atoms with Crippen molar-refractivity contribution in [1.29, 1.82) is 0 Å². The monoisotopic (exact) mass is 431 g/mol. The lowest BCUT2D eigenvalue weighted by atomic mass is 10.00. The number of thioether (sulfide) groups is 1. The molecule has 2 aromatic rings. The number of Topliss-reactive ketones (excluding diaryl/α,β-unsaturated/α-hetero) is 1. The molecule has 1 aromatic carbocycles. The first-order valence-electron chi connectivity index (χ1n) is 10.4. The molecule has 2 heterocycles. The zero-order valence-corrected chi connectivity index (χ0v) is 18.0. The average Bonchev–Trinajstić information content (AvgIpc) is 3.45. The predicted octanol–water partition coefficient (Wildman–Crippen LogP) is 3.92. The summed E-state index contributed by atoms with van der Waals surface area (Å²) >= 11 is 1.30. The zero-order chi connectivity index (χ0) is 21.3. The van der Waals surface area contributed by atoms with E-state index in [-0.39, 0.29) is 23.0 Å². The van der Waals surface area contributed by atoms with Gasteiger partial charge in [0.15, 0.2) is 10.9 Å². The number of carbonyl (C=O) groups is 2. The Labute approximate surface area is 179 Å². The van der Waals surface area contributed by atoms with E-state index in [9.17, 15) is 14.0 Å². The van der Waals surface area contributed by atoms with Crippen molar-refractivity contribution in [3.8, 4) is 0 Å². The van der Waals surface area contributed by atoms with Crippen molar-refractivity contribution in [1.82, 2.24) is 14.8 Å². The number of benzene rings is 1. The molecule has 7 nitrogen and oxygen atoms in total. The zero-order valence-electron chi connectivity index (χ0n) is 17.2. The number of nitrogens with one attached hydrogen (secondary N) is 1. The maximum absolute atomic E-state index is 14.4. The molecule has 1 aliphatic carbocycles. The Morgan fingerprint density at radius 1 is 1.20 bits per heavy atom. The fourth-order valence-electron chi connectivity index (χ4n) is 3.67. The highest BCUT2D eigenvalue weighted by Crippen LogP contribution is 2.41. The van der Waals surface area contributed by atoms with Gasteiger partial charge < -0.3 is 10.2 Å². The van der Waals surface area contributed by atoms with Crippen molar-refractivity contribution in [3.63, 3.8) is 0 Å². The highest BCUT2D eigenvalue weighted by Gasteiger charge is 2.32. The smallest absolute Gasteiger partial charge is 0.228 e. The van der Waals surface area contributed by atoms with Crippen LogP contribution in [-0.4, -0.2) is 45.3 Å². The van der Waals surface area contributed by atoms with E-state index >= 15 is 0 Å². The Morgan fingerprint density at radius 3 is 2.57 bits per heavy atom. The van der Waals surface area contributed by atoms with Crippen LogP contribution in [0.1, 0.15) is 55.9 Å². The van der Waals surface area contributed by atoms with E-state index in [0.717, 1.165) is 55.8 Å². The number of hydrogen-bond acceptors (Lipinski definition) is 6. The van der Waals surface area contributed by atoms with E-state index in [1.165, 1.54) is 36.9 Å². The maximum atomic E-state index is 14.4. The quantitative estimate of drug-likeness (QED) is 0.529. The Bertz CT molecular complexity index is 951. The van der Waals surface area contributed by atoms with Crippen LogP contribution in [0.3, 0.4) is 0 Å². The van der Waals surface area contributed by atoms with Gasteiger partial charge >= 0.3 is 0 Å². The van der Waals surface area contributed by atoms with E-state index in [2.05, 4.69) is 31.9 Å². The minimum atomic E-state index is -0.640. The van der Waals surface area contributed by atoms with Crippen LogP contribution in [0.25, 0.3) is 0 Å². The third kappa shape index (κ3) is 4.66. The summed E-state index contributed by atoms with van der Waals surface area (Å²) < 4.78 is 16.5. The number of carbonyl (C=O) groups excluding carboxylic acids is 2. The van der Waals surface area contributed by atoms with Gasteiger partial charge in [-0.3, -0.25) is 14.2 Å². The number of piperidine rings is 1. The third-order valence-electron chi connectivity index (χ3n) is 5.55. The van der Waals surface area contributed by atoms with Crippen molar-refractivity contribution in [2.45, 2.75) is 50.7 Å². The highest BCUT2D eigenvalue weighted by molar-refractivity contribution is 7.99. The summed E-state index contributed by atoms with van der Waals surface area (Å²) in [6.07, 6.45) is 4.48. The topological polar surface area (TPSA) is 80.1 Å². The number of nitrogens with zero attached hydrogens (tertiary/aromatic N) is 4. The van der Waals surface area contributed by atoms with Gasteiger partial charge in [-0.1, -0.05) is 18.7 Å². The van der Waals surface area contributed by atoms with Gasteiger partial charge in [0.1, 0.15) is 5.82 Å². The summed E-state index contributed by atoms with van der Waals surface area (Å²) in [4.78, 5) is 26.0. The molecule has 0 radical (unpaired) electrons. The Balaban J connectivity index is 1.45. The van der Waals surface area contributed by atoms with Crippen LogP contribution in [0.4, 0.5) is 16.0 Å². The van der Waals surface area contributed by atoms with E-state index in [0.29, 0.717) is 11.7 Å². The lowest BCUT2D eigenvalue weighted by molar-refractivity contribution is -0.114. The van der Waals surface area contributed by atoms with E-state index < -0.39 is 5.82 Å². The SMILES string of the molecule is CC(=O)Nc1ccc(C(=O)CSc2nnc(N3CCC(C)CC3)n2C2CC2)c(F)c1. The standard InChI is InChI=1S/C21H26FN5O2S/c1-13-7-9-26(10-8-13)20-24-25-21(27(20)16-4-5-16)30-12-19(29)17-6-3-15(11-18(17)22)23-14(2)28/h3,6,11,13,16H,4-5,7-10,12H2,1-2H3,(H,23,28). The van der Waals surface area contributed by atoms with Crippen molar-refractivity contribution >= 4 is 35.1 Å². The molecule has 0 spiro atoms. The summed E-state index contributed by atoms with van der Waals surface area (Å²) in [7, 11) is 0. The van der Waals surface area contributed by atoms with Crippen LogP contribution in [-0.2, 0) is 4.79 Å². The number of anilines is 2.